The molecule has 6 nitrogen and oxygen atoms in total. The maximum absolute atomic E-state index is 12.0. The van der Waals surface area contributed by atoms with E-state index in [1.807, 2.05) is 0 Å². The van der Waals surface area contributed by atoms with E-state index in [4.69, 9.17) is 5.26 Å². The van der Waals surface area contributed by atoms with E-state index in [0.29, 0.717) is 0 Å². The molecular formula is C6H6F2N4O2S. The minimum Gasteiger partial charge on any atom is -0.272 e. The van der Waals surface area contributed by atoms with E-state index in [0.717, 1.165) is 4.68 Å². The highest BCUT2D eigenvalue weighted by Crippen LogP contribution is 2.15. The number of nitrogens with zero attached hydrogens (tertiary/aromatic N) is 3. The molecule has 9 heteroatoms. The highest BCUT2D eigenvalue weighted by molar-refractivity contribution is 7.92. The molecule has 0 spiro atoms. The minimum absolute atomic E-state index is 0.123. The van der Waals surface area contributed by atoms with Crippen LogP contribution in [0.5, 0.6) is 0 Å². The van der Waals surface area contributed by atoms with Gasteiger partial charge in [0.05, 0.1) is 0 Å². The van der Waals surface area contributed by atoms with Crippen LogP contribution >= 0.6 is 0 Å². The Morgan fingerprint density at radius 1 is 1.67 bits per heavy atom. The predicted octanol–water partition coefficient (Wildman–Crippen LogP) is 0.256. The summed E-state index contributed by atoms with van der Waals surface area (Å²) in [5.41, 5.74) is -0.123. The Hall–Kier alpha value is -1.69. The Kier molecular flexibility index (Phi) is 2.90. The van der Waals surface area contributed by atoms with Crippen LogP contribution in [0.25, 0.3) is 0 Å². The fourth-order valence-electron chi connectivity index (χ4n) is 0.825. The lowest BCUT2D eigenvalue weighted by molar-refractivity contribution is 0.236. The van der Waals surface area contributed by atoms with Gasteiger partial charge in [0.25, 0.3) is 10.0 Å². The fourth-order valence-corrected chi connectivity index (χ4v) is 1.33. The molecule has 0 fully saturated rings. The maximum Gasteiger partial charge on any atom is 0.355 e. The van der Waals surface area contributed by atoms with Crippen LogP contribution in [0.15, 0.2) is 6.20 Å². The van der Waals surface area contributed by atoms with Gasteiger partial charge in [-0.1, -0.05) is 0 Å². The second-order valence-electron chi connectivity index (χ2n) is 2.58. The molecule has 1 rings (SSSR count). The van der Waals surface area contributed by atoms with E-state index < -0.39 is 21.6 Å². The number of hydrogen-bond acceptors (Lipinski definition) is 4. The van der Waals surface area contributed by atoms with Gasteiger partial charge in [-0.3, -0.25) is 9.40 Å². The highest BCUT2D eigenvalue weighted by Gasteiger charge is 2.26. The van der Waals surface area contributed by atoms with E-state index in [9.17, 15) is 17.2 Å². The molecule has 1 N–H and O–H groups in total. The molecule has 0 unspecified atom stereocenters. The predicted molar refractivity (Wildman–Crippen MR) is 46.5 cm³/mol. The third-order valence-electron chi connectivity index (χ3n) is 1.42. The van der Waals surface area contributed by atoms with Gasteiger partial charge in [-0.05, 0) is 0 Å². The van der Waals surface area contributed by atoms with E-state index in [1.54, 1.807) is 6.07 Å². The summed E-state index contributed by atoms with van der Waals surface area (Å²) in [6.45, 7) is 0. The number of halogens is 2. The molecule has 1 heterocycles. The first kappa shape index (κ1) is 11.4. The van der Waals surface area contributed by atoms with Crippen LogP contribution in [0.2, 0.25) is 0 Å². The molecule has 0 amide bonds. The van der Waals surface area contributed by atoms with Crippen molar-refractivity contribution in [3.05, 3.63) is 11.8 Å². The number of hydrogen-bond donors (Lipinski definition) is 1. The van der Waals surface area contributed by atoms with Gasteiger partial charge in [0.2, 0.25) is 0 Å². The summed E-state index contributed by atoms with van der Waals surface area (Å²) in [6, 6.07) is 1.62. The Morgan fingerprint density at radius 3 is 2.73 bits per heavy atom. The highest BCUT2D eigenvalue weighted by atomic mass is 32.2. The standard InChI is InChI=1S/C6H6F2N4O2S/c1-12-3-4(2-9)5(10-12)11-15(13,14)6(7)8/h3,6H,1H3,(H,10,11). The first-order valence-corrected chi connectivity index (χ1v) is 5.15. The van der Waals surface area contributed by atoms with Crippen molar-refractivity contribution in [2.75, 3.05) is 4.72 Å². The van der Waals surface area contributed by atoms with Crippen molar-refractivity contribution in [2.45, 2.75) is 5.76 Å². The molecule has 0 aromatic carbocycles. The summed E-state index contributed by atoms with van der Waals surface area (Å²) in [4.78, 5) is 0. The molecule has 0 atom stereocenters. The smallest absolute Gasteiger partial charge is 0.272 e. The fraction of sp³-hybridized carbons (Fsp3) is 0.333. The van der Waals surface area contributed by atoms with Crippen LogP contribution in [0.4, 0.5) is 14.6 Å². The summed E-state index contributed by atoms with van der Waals surface area (Å²) >= 11 is 0. The number of rotatable bonds is 3. The number of sulfonamides is 1. The monoisotopic (exact) mass is 236 g/mol. The summed E-state index contributed by atoms with van der Waals surface area (Å²) in [5, 5.41) is 12.1. The van der Waals surface area contributed by atoms with E-state index in [1.165, 1.54) is 18.0 Å². The van der Waals surface area contributed by atoms with Crippen molar-refractivity contribution < 1.29 is 17.2 Å². The third-order valence-corrected chi connectivity index (χ3v) is 2.37. The zero-order chi connectivity index (χ0) is 11.6. The molecular weight excluding hydrogens is 230 g/mol. The molecule has 0 bridgehead atoms. The van der Waals surface area contributed by atoms with Crippen molar-refractivity contribution >= 4 is 15.8 Å². The first-order valence-electron chi connectivity index (χ1n) is 3.60. The second kappa shape index (κ2) is 3.82. The lowest BCUT2D eigenvalue weighted by atomic mass is 10.4. The lowest BCUT2D eigenvalue weighted by Gasteiger charge is -2.03. The second-order valence-corrected chi connectivity index (χ2v) is 4.24. The average Bonchev–Trinajstić information content (AvgIpc) is 2.44. The van der Waals surface area contributed by atoms with Crippen molar-refractivity contribution in [1.82, 2.24) is 9.78 Å². The number of anilines is 1. The zero-order valence-corrected chi connectivity index (χ0v) is 8.29. The van der Waals surface area contributed by atoms with Gasteiger partial charge in [0, 0.05) is 13.2 Å². The number of aromatic nitrogens is 2. The van der Waals surface area contributed by atoms with Gasteiger partial charge >= 0.3 is 5.76 Å². The SMILES string of the molecule is Cn1cc(C#N)c(NS(=O)(=O)C(F)F)n1. The zero-order valence-electron chi connectivity index (χ0n) is 7.48. The minimum atomic E-state index is -4.78. The topological polar surface area (TPSA) is 87.8 Å². The van der Waals surface area contributed by atoms with Gasteiger partial charge < -0.3 is 0 Å². The summed E-state index contributed by atoms with van der Waals surface area (Å²) in [7, 11) is -3.35. The van der Waals surface area contributed by atoms with Crippen molar-refractivity contribution in [3.8, 4) is 6.07 Å². The molecule has 82 valence electrons. The van der Waals surface area contributed by atoms with Crippen LogP contribution < -0.4 is 4.72 Å². The Morgan fingerprint density at radius 2 is 2.27 bits per heavy atom. The van der Waals surface area contributed by atoms with Crippen molar-refractivity contribution in [2.24, 2.45) is 7.05 Å². The van der Waals surface area contributed by atoms with E-state index >= 15 is 0 Å². The van der Waals surface area contributed by atoms with E-state index in [-0.39, 0.29) is 5.56 Å². The molecule has 1 aromatic rings. The van der Waals surface area contributed by atoms with Crippen LogP contribution in [0, 0.1) is 11.3 Å². The lowest BCUT2D eigenvalue weighted by Crippen LogP contribution is -2.21. The molecule has 0 aliphatic heterocycles. The van der Waals surface area contributed by atoms with Crippen LogP contribution in [-0.4, -0.2) is 24.0 Å². The average molecular weight is 236 g/mol. The van der Waals surface area contributed by atoms with Crippen LogP contribution in [0.3, 0.4) is 0 Å². The molecule has 15 heavy (non-hydrogen) atoms. The summed E-state index contributed by atoms with van der Waals surface area (Å²) in [5.74, 6) is -3.97. The number of nitriles is 1. The normalized spacial score (nSPS) is 11.4. The van der Waals surface area contributed by atoms with Crippen LogP contribution in [0.1, 0.15) is 5.56 Å². The number of nitrogens with one attached hydrogen (secondary N) is 1. The molecule has 0 saturated carbocycles. The number of alkyl halides is 2. The Bertz CT molecular complexity index is 502. The van der Waals surface area contributed by atoms with Gasteiger partial charge in [-0.25, -0.2) is 8.42 Å². The van der Waals surface area contributed by atoms with Gasteiger partial charge in [-0.2, -0.15) is 19.1 Å². The quantitative estimate of drug-likeness (QED) is 0.815. The van der Waals surface area contributed by atoms with Gasteiger partial charge in [-0.15, -0.1) is 0 Å². The molecule has 0 aliphatic rings. The largest absolute Gasteiger partial charge is 0.355 e. The third kappa shape index (κ3) is 2.41. The maximum atomic E-state index is 12.0. The first-order chi connectivity index (χ1) is 6.86. The van der Waals surface area contributed by atoms with E-state index in [2.05, 4.69) is 5.10 Å². The molecule has 1 aromatic heterocycles. The summed E-state index contributed by atoms with van der Waals surface area (Å²) < 4.78 is 48.1. The van der Waals surface area contributed by atoms with Crippen LogP contribution in [-0.2, 0) is 17.1 Å². The number of aryl methyl sites for hydroxylation is 1. The molecule has 0 aliphatic carbocycles. The molecule has 0 radical (unpaired) electrons. The van der Waals surface area contributed by atoms with Gasteiger partial charge in [0.15, 0.2) is 5.82 Å². The van der Waals surface area contributed by atoms with Crippen molar-refractivity contribution in [3.63, 3.8) is 0 Å². The Balaban J connectivity index is 3.06. The molecule has 0 saturated heterocycles. The Labute approximate surface area is 84.2 Å². The van der Waals surface area contributed by atoms with Gasteiger partial charge in [0.1, 0.15) is 11.6 Å². The van der Waals surface area contributed by atoms with Crippen molar-refractivity contribution in [1.29, 1.82) is 5.26 Å². The summed E-state index contributed by atoms with van der Waals surface area (Å²) in [6.07, 6.45) is 1.21.